The van der Waals surface area contributed by atoms with Crippen molar-refractivity contribution in [2.24, 2.45) is 0 Å². The molecule has 0 aliphatic heterocycles. The quantitative estimate of drug-likeness (QED) is 0.832. The molecule has 3 rings (SSSR count). The van der Waals surface area contributed by atoms with E-state index in [1.165, 1.54) is 24.3 Å². The van der Waals surface area contributed by atoms with Gasteiger partial charge in [-0.3, -0.25) is 9.59 Å². The number of aliphatic carboxylic acids is 1. The van der Waals surface area contributed by atoms with Gasteiger partial charge in [-0.15, -0.1) is 0 Å². The van der Waals surface area contributed by atoms with Crippen molar-refractivity contribution in [1.29, 1.82) is 0 Å². The first-order valence-electron chi connectivity index (χ1n) is 8.85. The molecule has 1 aliphatic rings. The Morgan fingerprint density at radius 2 is 1.65 bits per heavy atom. The number of carboxylic acid groups (broad SMARTS) is 1. The lowest BCUT2D eigenvalue weighted by Crippen LogP contribution is -2.44. The zero-order valence-corrected chi connectivity index (χ0v) is 14.5. The molecule has 1 aliphatic carbocycles. The highest BCUT2D eigenvalue weighted by Crippen LogP contribution is 2.41. The first-order chi connectivity index (χ1) is 12.5. The predicted molar refractivity (Wildman–Crippen MR) is 96.4 cm³/mol. The van der Waals surface area contributed by atoms with Gasteiger partial charge in [0.2, 0.25) is 5.91 Å². The van der Waals surface area contributed by atoms with Gasteiger partial charge >= 0.3 is 5.97 Å². The van der Waals surface area contributed by atoms with Gasteiger partial charge in [0.1, 0.15) is 5.82 Å². The van der Waals surface area contributed by atoms with E-state index >= 15 is 0 Å². The highest BCUT2D eigenvalue weighted by atomic mass is 19.1. The Kier molecular flexibility index (Phi) is 5.35. The summed E-state index contributed by atoms with van der Waals surface area (Å²) in [5.74, 6) is -2.50. The molecule has 1 amide bonds. The van der Waals surface area contributed by atoms with Crippen LogP contribution >= 0.6 is 0 Å². The Morgan fingerprint density at radius 1 is 1.04 bits per heavy atom. The van der Waals surface area contributed by atoms with Crippen molar-refractivity contribution in [3.05, 3.63) is 71.5 Å². The lowest BCUT2D eigenvalue weighted by molar-refractivity contribution is -0.138. The maximum Gasteiger partial charge on any atom is 0.312 e. The lowest BCUT2D eigenvalue weighted by atomic mass is 9.78. The van der Waals surface area contributed by atoms with Gasteiger partial charge in [0, 0.05) is 6.54 Å². The monoisotopic (exact) mass is 355 g/mol. The van der Waals surface area contributed by atoms with Gasteiger partial charge in [-0.25, -0.2) is 4.39 Å². The van der Waals surface area contributed by atoms with Gasteiger partial charge in [0.15, 0.2) is 0 Å². The number of rotatable bonds is 6. The fraction of sp³-hybridized carbons (Fsp3) is 0.333. The summed E-state index contributed by atoms with van der Waals surface area (Å²) >= 11 is 0. The van der Waals surface area contributed by atoms with E-state index in [4.69, 9.17) is 0 Å². The summed E-state index contributed by atoms with van der Waals surface area (Å²) in [4.78, 5) is 24.6. The Balaban J connectivity index is 1.77. The molecule has 4 nitrogen and oxygen atoms in total. The van der Waals surface area contributed by atoms with Crippen LogP contribution in [0.2, 0.25) is 0 Å². The van der Waals surface area contributed by atoms with Crippen LogP contribution in [-0.4, -0.2) is 23.5 Å². The summed E-state index contributed by atoms with van der Waals surface area (Å²) in [6.45, 7) is -0.0195. The minimum absolute atomic E-state index is 0.0195. The summed E-state index contributed by atoms with van der Waals surface area (Å²) < 4.78 is 13.1. The van der Waals surface area contributed by atoms with Crippen LogP contribution in [0.25, 0.3) is 0 Å². The van der Waals surface area contributed by atoms with Gasteiger partial charge in [0.25, 0.3) is 0 Å². The third-order valence-corrected chi connectivity index (χ3v) is 5.26. The molecule has 0 aromatic heterocycles. The molecule has 1 unspecified atom stereocenters. The Hall–Kier alpha value is -2.69. The van der Waals surface area contributed by atoms with Crippen molar-refractivity contribution >= 4 is 11.9 Å². The van der Waals surface area contributed by atoms with E-state index in [1.54, 1.807) is 0 Å². The minimum Gasteiger partial charge on any atom is -0.481 e. The van der Waals surface area contributed by atoms with Crippen molar-refractivity contribution in [2.75, 3.05) is 6.54 Å². The highest BCUT2D eigenvalue weighted by molar-refractivity contribution is 5.89. The van der Waals surface area contributed by atoms with Crippen LogP contribution in [0.3, 0.4) is 0 Å². The number of nitrogens with one attached hydrogen (secondary N) is 1. The van der Waals surface area contributed by atoms with Crippen molar-refractivity contribution in [2.45, 2.75) is 37.0 Å². The molecule has 2 aromatic carbocycles. The smallest absolute Gasteiger partial charge is 0.312 e. The summed E-state index contributed by atoms with van der Waals surface area (Å²) in [6.07, 6.45) is 3.47. The van der Waals surface area contributed by atoms with E-state index in [9.17, 15) is 19.1 Å². The number of carboxylic acids is 1. The first kappa shape index (κ1) is 18.1. The molecule has 0 spiro atoms. The summed E-state index contributed by atoms with van der Waals surface area (Å²) in [5, 5.41) is 12.4. The Labute approximate surface area is 152 Å². The first-order valence-corrected chi connectivity index (χ1v) is 8.85. The molecule has 1 atom stereocenters. The third-order valence-electron chi connectivity index (χ3n) is 5.26. The highest BCUT2D eigenvalue weighted by Gasteiger charge is 2.42. The van der Waals surface area contributed by atoms with E-state index < -0.39 is 23.1 Å². The molecule has 0 heterocycles. The average Bonchev–Trinajstić information content (AvgIpc) is 3.15. The molecule has 26 heavy (non-hydrogen) atoms. The van der Waals surface area contributed by atoms with Gasteiger partial charge in [-0.05, 0) is 36.1 Å². The number of amides is 1. The van der Waals surface area contributed by atoms with Gasteiger partial charge in [-0.2, -0.15) is 0 Å². The standard InChI is InChI=1S/C21H22FNO3/c22-17-10-8-15(9-11-17)18(19(24)25)14-23-20(26)21(12-4-5-13-21)16-6-2-1-3-7-16/h1-3,6-11,18H,4-5,12-14H2,(H,23,26)(H,24,25). The van der Waals surface area contributed by atoms with Crippen LogP contribution in [0, 0.1) is 5.82 Å². The third kappa shape index (κ3) is 3.62. The number of hydrogen-bond donors (Lipinski definition) is 2. The van der Waals surface area contributed by atoms with Gasteiger partial charge in [-0.1, -0.05) is 55.3 Å². The van der Waals surface area contributed by atoms with Crippen molar-refractivity contribution in [1.82, 2.24) is 5.32 Å². The minimum atomic E-state index is -1.04. The maximum atomic E-state index is 13.1. The molecule has 136 valence electrons. The fourth-order valence-corrected chi connectivity index (χ4v) is 3.79. The second-order valence-electron chi connectivity index (χ2n) is 6.81. The predicted octanol–water partition coefficient (Wildman–Crippen LogP) is 3.62. The van der Waals surface area contributed by atoms with Gasteiger partial charge < -0.3 is 10.4 Å². The molecule has 2 N–H and O–H groups in total. The number of hydrogen-bond acceptors (Lipinski definition) is 2. The molecule has 5 heteroatoms. The van der Waals surface area contributed by atoms with Crippen molar-refractivity contribution in [3.8, 4) is 0 Å². The SMILES string of the molecule is O=C(O)C(CNC(=O)C1(c2ccccc2)CCCC1)c1ccc(F)cc1. The number of halogens is 1. The summed E-state index contributed by atoms with van der Waals surface area (Å²) in [5.41, 5.74) is 0.857. The van der Waals surface area contributed by atoms with Crippen LogP contribution in [0.1, 0.15) is 42.7 Å². The summed E-state index contributed by atoms with van der Waals surface area (Å²) in [7, 11) is 0. The summed E-state index contributed by atoms with van der Waals surface area (Å²) in [6, 6.07) is 15.0. The average molecular weight is 355 g/mol. The van der Waals surface area contributed by atoms with Crippen LogP contribution < -0.4 is 5.32 Å². The van der Waals surface area contributed by atoms with E-state index in [2.05, 4.69) is 5.32 Å². The van der Waals surface area contributed by atoms with Gasteiger partial charge in [0.05, 0.1) is 11.3 Å². The molecule has 0 radical (unpaired) electrons. The van der Waals surface area contributed by atoms with E-state index in [0.29, 0.717) is 5.56 Å². The molecule has 0 saturated heterocycles. The number of carbonyl (C=O) groups is 2. The zero-order chi connectivity index (χ0) is 18.6. The van der Waals surface area contributed by atoms with E-state index in [-0.39, 0.29) is 12.5 Å². The van der Waals surface area contributed by atoms with Crippen LogP contribution in [0.15, 0.2) is 54.6 Å². The number of benzene rings is 2. The normalized spacial score (nSPS) is 16.8. The fourth-order valence-electron chi connectivity index (χ4n) is 3.79. The number of carbonyl (C=O) groups excluding carboxylic acids is 1. The van der Waals surface area contributed by atoms with Crippen LogP contribution in [0.5, 0.6) is 0 Å². The Bertz CT molecular complexity index is 768. The van der Waals surface area contributed by atoms with E-state index in [1.807, 2.05) is 30.3 Å². The van der Waals surface area contributed by atoms with E-state index in [0.717, 1.165) is 31.2 Å². The lowest BCUT2D eigenvalue weighted by Gasteiger charge is -2.29. The molecular weight excluding hydrogens is 333 g/mol. The zero-order valence-electron chi connectivity index (χ0n) is 14.5. The van der Waals surface area contributed by atoms with Crippen LogP contribution in [-0.2, 0) is 15.0 Å². The molecule has 2 aromatic rings. The van der Waals surface area contributed by atoms with Crippen molar-refractivity contribution in [3.63, 3.8) is 0 Å². The molecule has 0 bridgehead atoms. The Morgan fingerprint density at radius 3 is 2.23 bits per heavy atom. The molecule has 1 fully saturated rings. The second kappa shape index (κ2) is 7.68. The molecule has 1 saturated carbocycles. The topological polar surface area (TPSA) is 66.4 Å². The second-order valence-corrected chi connectivity index (χ2v) is 6.81. The molecular formula is C21H22FNO3. The largest absolute Gasteiger partial charge is 0.481 e. The van der Waals surface area contributed by atoms with Crippen LogP contribution in [0.4, 0.5) is 4.39 Å². The maximum absolute atomic E-state index is 13.1. The van der Waals surface area contributed by atoms with Crippen molar-refractivity contribution < 1.29 is 19.1 Å².